The molecule has 0 unspecified atom stereocenters. The van der Waals surface area contributed by atoms with Crippen LogP contribution in [-0.4, -0.2) is 14.5 Å². The van der Waals surface area contributed by atoms with E-state index in [9.17, 15) is 4.79 Å². The summed E-state index contributed by atoms with van der Waals surface area (Å²) in [7, 11) is 0. The minimum atomic E-state index is -0.234. The van der Waals surface area contributed by atoms with Gasteiger partial charge in [0.25, 0.3) is 5.56 Å². The van der Waals surface area contributed by atoms with E-state index < -0.39 is 0 Å². The van der Waals surface area contributed by atoms with Crippen LogP contribution >= 0.6 is 45.9 Å². The van der Waals surface area contributed by atoms with Crippen molar-refractivity contribution in [3.63, 3.8) is 0 Å². The molecular weight excluding hydrogens is 397 g/mol. The summed E-state index contributed by atoms with van der Waals surface area (Å²) in [5.41, 5.74) is 1.40. The number of rotatable bonds is 3. The van der Waals surface area contributed by atoms with Gasteiger partial charge in [-0.05, 0) is 18.2 Å². The van der Waals surface area contributed by atoms with Crippen LogP contribution in [0.25, 0.3) is 21.5 Å². The smallest absolute Gasteiger partial charge is 0.267 e. The second kappa shape index (κ2) is 6.38. The second-order valence-electron chi connectivity index (χ2n) is 5.11. The van der Waals surface area contributed by atoms with Gasteiger partial charge in [0.2, 0.25) is 0 Å². The number of fused-ring (bicyclic) bond motifs is 1. The van der Waals surface area contributed by atoms with Crippen LogP contribution < -0.4 is 5.56 Å². The monoisotopic (exact) mass is 405 g/mol. The molecule has 0 bridgehead atoms. The molecule has 0 radical (unpaired) electrons. The number of aromatic nitrogens is 3. The first-order valence-corrected chi connectivity index (χ1v) is 9.57. The van der Waals surface area contributed by atoms with Crippen molar-refractivity contribution in [1.82, 2.24) is 14.5 Å². The van der Waals surface area contributed by atoms with E-state index >= 15 is 0 Å². The largest absolute Gasteiger partial charge is 0.276 e. The SMILES string of the molecule is C=C(c1nccs1)c1nc2cc(Cl)sc2c(=O)n1-c1ccccc1Cl. The Morgan fingerprint density at radius 2 is 2.04 bits per heavy atom. The molecule has 124 valence electrons. The van der Waals surface area contributed by atoms with E-state index in [4.69, 9.17) is 23.2 Å². The highest BCUT2D eigenvalue weighted by molar-refractivity contribution is 7.22. The van der Waals surface area contributed by atoms with Gasteiger partial charge in [-0.2, -0.15) is 0 Å². The fourth-order valence-corrected chi connectivity index (χ4v) is 4.39. The zero-order valence-corrected chi connectivity index (χ0v) is 15.7. The summed E-state index contributed by atoms with van der Waals surface area (Å²) in [5, 5.41) is 2.98. The molecule has 0 N–H and O–H groups in total. The van der Waals surface area contributed by atoms with Gasteiger partial charge in [0, 0.05) is 17.2 Å². The number of benzene rings is 1. The highest BCUT2D eigenvalue weighted by Gasteiger charge is 2.20. The van der Waals surface area contributed by atoms with Gasteiger partial charge in [-0.25, -0.2) is 9.97 Å². The van der Waals surface area contributed by atoms with Gasteiger partial charge in [0.1, 0.15) is 9.71 Å². The Kier molecular flexibility index (Phi) is 4.21. The summed E-state index contributed by atoms with van der Waals surface area (Å²) < 4.78 is 2.45. The van der Waals surface area contributed by atoms with Gasteiger partial charge < -0.3 is 0 Å². The number of hydrogen-bond acceptors (Lipinski definition) is 5. The van der Waals surface area contributed by atoms with Gasteiger partial charge >= 0.3 is 0 Å². The van der Waals surface area contributed by atoms with Crippen LogP contribution in [0, 0.1) is 0 Å². The summed E-state index contributed by atoms with van der Waals surface area (Å²) in [6.45, 7) is 4.09. The zero-order chi connectivity index (χ0) is 17.6. The summed E-state index contributed by atoms with van der Waals surface area (Å²) in [6.07, 6.45) is 1.68. The van der Waals surface area contributed by atoms with E-state index in [1.165, 1.54) is 27.2 Å². The van der Waals surface area contributed by atoms with Crippen molar-refractivity contribution >= 4 is 61.7 Å². The van der Waals surface area contributed by atoms with Gasteiger partial charge in [-0.15, -0.1) is 22.7 Å². The lowest BCUT2D eigenvalue weighted by Gasteiger charge is -2.14. The molecule has 0 saturated carbocycles. The van der Waals surface area contributed by atoms with E-state index in [2.05, 4.69) is 16.5 Å². The van der Waals surface area contributed by atoms with Crippen molar-refractivity contribution in [2.75, 3.05) is 0 Å². The predicted octanol–water partition coefficient (Wildman–Crippen LogP) is 5.27. The molecule has 0 aliphatic heterocycles. The van der Waals surface area contributed by atoms with Crippen LogP contribution in [-0.2, 0) is 0 Å². The van der Waals surface area contributed by atoms with E-state index in [1.54, 1.807) is 30.5 Å². The molecule has 0 aliphatic rings. The summed E-state index contributed by atoms with van der Waals surface area (Å²) in [5.74, 6) is 0.398. The Bertz CT molecular complexity index is 1160. The number of halogens is 2. The van der Waals surface area contributed by atoms with Gasteiger partial charge in [-0.1, -0.05) is 41.9 Å². The van der Waals surface area contributed by atoms with Crippen molar-refractivity contribution in [3.05, 3.63) is 79.0 Å². The Hall–Kier alpha value is -1.99. The molecule has 3 aromatic heterocycles. The molecule has 4 aromatic rings. The molecule has 25 heavy (non-hydrogen) atoms. The Balaban J connectivity index is 2.10. The van der Waals surface area contributed by atoms with Crippen LogP contribution in [0.4, 0.5) is 0 Å². The molecular formula is C17H9Cl2N3OS2. The van der Waals surface area contributed by atoms with Gasteiger partial charge in [-0.3, -0.25) is 9.36 Å². The lowest BCUT2D eigenvalue weighted by molar-refractivity contribution is 0.938. The first-order valence-electron chi connectivity index (χ1n) is 7.12. The fourth-order valence-electron chi connectivity index (χ4n) is 2.48. The highest BCUT2D eigenvalue weighted by Crippen LogP contribution is 2.31. The first kappa shape index (κ1) is 16.5. The molecule has 0 fully saturated rings. The van der Waals surface area contributed by atoms with Crippen molar-refractivity contribution < 1.29 is 0 Å². The van der Waals surface area contributed by atoms with Crippen LogP contribution in [0.5, 0.6) is 0 Å². The normalized spacial score (nSPS) is 11.1. The molecule has 4 rings (SSSR count). The van der Waals surface area contributed by atoms with Crippen molar-refractivity contribution in [3.8, 4) is 5.69 Å². The summed E-state index contributed by atoms with van der Waals surface area (Å²) in [6, 6.07) is 8.80. The molecule has 0 spiro atoms. The number of para-hydroxylation sites is 1. The van der Waals surface area contributed by atoms with E-state index in [0.717, 1.165) is 0 Å². The van der Waals surface area contributed by atoms with E-state index in [1.807, 2.05) is 11.4 Å². The third-order valence-electron chi connectivity index (χ3n) is 3.57. The quantitative estimate of drug-likeness (QED) is 0.466. The molecule has 0 aliphatic carbocycles. The van der Waals surface area contributed by atoms with Crippen LogP contribution in [0.2, 0.25) is 9.36 Å². The number of thiophene rings is 1. The molecule has 3 heterocycles. The number of thiazole rings is 1. The Morgan fingerprint density at radius 3 is 2.76 bits per heavy atom. The van der Waals surface area contributed by atoms with Crippen LogP contribution in [0.3, 0.4) is 0 Å². The third kappa shape index (κ3) is 2.81. The molecule has 1 aromatic carbocycles. The molecule has 0 amide bonds. The highest BCUT2D eigenvalue weighted by atomic mass is 35.5. The lowest BCUT2D eigenvalue weighted by Crippen LogP contribution is -2.23. The Labute approximate surface area is 160 Å². The average molecular weight is 406 g/mol. The van der Waals surface area contributed by atoms with Crippen molar-refractivity contribution in [2.45, 2.75) is 0 Å². The summed E-state index contributed by atoms with van der Waals surface area (Å²) in [4.78, 5) is 22.0. The van der Waals surface area contributed by atoms with Crippen molar-refractivity contribution in [1.29, 1.82) is 0 Å². The van der Waals surface area contributed by atoms with Crippen LogP contribution in [0.1, 0.15) is 10.8 Å². The zero-order valence-electron chi connectivity index (χ0n) is 12.6. The molecule has 8 heteroatoms. The van der Waals surface area contributed by atoms with E-state index in [0.29, 0.717) is 41.7 Å². The minimum Gasteiger partial charge on any atom is -0.267 e. The average Bonchev–Trinajstić information content (AvgIpc) is 3.24. The summed E-state index contributed by atoms with van der Waals surface area (Å²) >= 11 is 15.0. The maximum Gasteiger partial charge on any atom is 0.276 e. The number of nitrogens with zero attached hydrogens (tertiary/aromatic N) is 3. The molecule has 0 saturated heterocycles. The standard InChI is InChI=1S/C17H9Cl2N3OS2/c1-9(16-20-6-7-24-16)15-21-11-8-13(19)25-14(11)17(23)22(15)12-5-3-2-4-10(12)18/h2-8H,1H2. The second-order valence-corrected chi connectivity index (χ2v) is 8.09. The number of hydrogen-bond donors (Lipinski definition) is 0. The van der Waals surface area contributed by atoms with Gasteiger partial charge in [0.15, 0.2) is 5.82 Å². The maximum absolute atomic E-state index is 13.1. The third-order valence-corrected chi connectivity index (χ3v) is 5.97. The molecule has 4 nitrogen and oxygen atoms in total. The first-order chi connectivity index (χ1) is 12.1. The Morgan fingerprint density at radius 1 is 1.24 bits per heavy atom. The maximum atomic E-state index is 13.1. The lowest BCUT2D eigenvalue weighted by atomic mass is 10.2. The fraction of sp³-hybridized carbons (Fsp3) is 0. The molecule has 0 atom stereocenters. The van der Waals surface area contributed by atoms with Gasteiger partial charge in [0.05, 0.1) is 20.6 Å². The minimum absolute atomic E-state index is 0.234. The van der Waals surface area contributed by atoms with Crippen LogP contribution in [0.15, 0.2) is 53.3 Å². The topological polar surface area (TPSA) is 47.8 Å². The predicted molar refractivity (Wildman–Crippen MR) is 105 cm³/mol. The van der Waals surface area contributed by atoms with E-state index in [-0.39, 0.29) is 5.56 Å². The van der Waals surface area contributed by atoms with Crippen molar-refractivity contribution in [2.24, 2.45) is 0 Å².